The molecule has 0 saturated carbocycles. The molecule has 0 aliphatic rings. The second kappa shape index (κ2) is 11.7. The fourth-order valence-electron chi connectivity index (χ4n) is 2.25. The van der Waals surface area contributed by atoms with E-state index in [4.69, 9.17) is 4.74 Å². The lowest BCUT2D eigenvalue weighted by atomic mass is 10.1. The van der Waals surface area contributed by atoms with Crippen LogP contribution in [0.15, 0.2) is 60.7 Å². The van der Waals surface area contributed by atoms with Gasteiger partial charge in [-0.1, -0.05) is 60.7 Å². The van der Waals surface area contributed by atoms with Crippen LogP contribution in [0.2, 0.25) is 0 Å². The Labute approximate surface area is 153 Å². The van der Waals surface area contributed by atoms with Crippen molar-refractivity contribution in [3.63, 3.8) is 0 Å². The Balaban J connectivity index is 1.47. The highest BCUT2D eigenvalue weighted by atomic mass is 32.2. The predicted molar refractivity (Wildman–Crippen MR) is 102 cm³/mol. The summed E-state index contributed by atoms with van der Waals surface area (Å²) < 4.78 is 5.57. The molecule has 0 radical (unpaired) electrons. The molecule has 0 spiro atoms. The number of hydrogen-bond donors (Lipinski definition) is 2. The van der Waals surface area contributed by atoms with Crippen molar-refractivity contribution >= 4 is 17.7 Å². The molecule has 1 amide bonds. The zero-order valence-electron chi connectivity index (χ0n) is 14.3. The molecule has 0 bridgehead atoms. The van der Waals surface area contributed by atoms with Gasteiger partial charge in [0.1, 0.15) is 0 Å². The van der Waals surface area contributed by atoms with E-state index in [0.717, 1.165) is 17.5 Å². The predicted octanol–water partition coefficient (Wildman–Crippen LogP) is 3.18. The van der Waals surface area contributed by atoms with Crippen LogP contribution >= 0.6 is 11.8 Å². The van der Waals surface area contributed by atoms with E-state index in [9.17, 15) is 9.90 Å². The van der Waals surface area contributed by atoms with Crippen molar-refractivity contribution in [1.29, 1.82) is 0 Å². The van der Waals surface area contributed by atoms with E-state index in [1.165, 1.54) is 11.8 Å². The molecular weight excluding hydrogens is 334 g/mol. The minimum absolute atomic E-state index is 0.00618. The third kappa shape index (κ3) is 8.20. The number of benzene rings is 2. The van der Waals surface area contributed by atoms with E-state index in [0.29, 0.717) is 31.3 Å². The Kier molecular flexibility index (Phi) is 9.12. The molecule has 1 unspecified atom stereocenters. The molecule has 134 valence electrons. The largest absolute Gasteiger partial charge is 0.388 e. The molecule has 5 heteroatoms. The summed E-state index contributed by atoms with van der Waals surface area (Å²) in [4.78, 5) is 11.8. The monoisotopic (exact) mass is 359 g/mol. The Bertz CT molecular complexity index is 607. The van der Waals surface area contributed by atoms with Crippen molar-refractivity contribution in [3.8, 4) is 0 Å². The third-order valence-electron chi connectivity index (χ3n) is 3.59. The summed E-state index contributed by atoms with van der Waals surface area (Å²) in [6.45, 7) is 1.83. The van der Waals surface area contributed by atoms with Crippen LogP contribution in [0.5, 0.6) is 0 Å². The van der Waals surface area contributed by atoms with Gasteiger partial charge in [0.15, 0.2) is 0 Å². The molecule has 1 atom stereocenters. The molecule has 0 aromatic heterocycles. The van der Waals surface area contributed by atoms with Gasteiger partial charge in [-0.05, 0) is 17.5 Å². The summed E-state index contributed by atoms with van der Waals surface area (Å²) in [5.74, 6) is 0.861. The third-order valence-corrected chi connectivity index (χ3v) is 4.61. The van der Waals surface area contributed by atoms with Crippen LogP contribution in [-0.2, 0) is 16.1 Å². The van der Waals surface area contributed by atoms with Crippen LogP contribution in [0.1, 0.15) is 23.7 Å². The zero-order chi connectivity index (χ0) is 17.7. The van der Waals surface area contributed by atoms with Gasteiger partial charge >= 0.3 is 0 Å². The van der Waals surface area contributed by atoms with Crippen LogP contribution in [0, 0.1) is 0 Å². The SMILES string of the molecule is O=C(CSCC(O)c1ccccc1)NCCCOCc1ccccc1. The highest BCUT2D eigenvalue weighted by Crippen LogP contribution is 2.17. The Morgan fingerprint density at radius 1 is 1.08 bits per heavy atom. The first-order valence-electron chi connectivity index (χ1n) is 8.45. The fourth-order valence-corrected chi connectivity index (χ4v) is 3.07. The fraction of sp³-hybridized carbons (Fsp3) is 0.350. The molecule has 4 nitrogen and oxygen atoms in total. The highest BCUT2D eigenvalue weighted by molar-refractivity contribution is 7.99. The first-order valence-corrected chi connectivity index (χ1v) is 9.60. The zero-order valence-corrected chi connectivity index (χ0v) is 15.1. The lowest BCUT2D eigenvalue weighted by molar-refractivity contribution is -0.118. The lowest BCUT2D eigenvalue weighted by Gasteiger charge is -2.10. The van der Waals surface area contributed by atoms with Crippen LogP contribution in [0.25, 0.3) is 0 Å². The minimum atomic E-state index is -0.537. The normalized spacial score (nSPS) is 11.9. The molecule has 2 N–H and O–H groups in total. The summed E-state index contributed by atoms with van der Waals surface area (Å²) >= 11 is 1.44. The molecule has 25 heavy (non-hydrogen) atoms. The summed E-state index contributed by atoms with van der Waals surface area (Å²) in [7, 11) is 0. The number of carbonyl (C=O) groups excluding carboxylic acids is 1. The van der Waals surface area contributed by atoms with Gasteiger partial charge in [-0.15, -0.1) is 11.8 Å². The Hall–Kier alpha value is -1.82. The summed E-state index contributed by atoms with van der Waals surface area (Å²) in [5.41, 5.74) is 2.03. The molecule has 2 aromatic rings. The van der Waals surface area contributed by atoms with Crippen LogP contribution in [-0.4, -0.2) is 35.7 Å². The highest BCUT2D eigenvalue weighted by Gasteiger charge is 2.08. The molecule has 2 rings (SSSR count). The maximum Gasteiger partial charge on any atom is 0.229 e. The van der Waals surface area contributed by atoms with Gasteiger partial charge in [-0.3, -0.25) is 4.79 Å². The number of aliphatic hydroxyl groups is 1. The van der Waals surface area contributed by atoms with Gasteiger partial charge in [-0.2, -0.15) is 0 Å². The smallest absolute Gasteiger partial charge is 0.229 e. The molecule has 0 heterocycles. The van der Waals surface area contributed by atoms with Crippen LogP contribution in [0.4, 0.5) is 0 Å². The average molecular weight is 359 g/mol. The van der Waals surface area contributed by atoms with E-state index in [1.807, 2.05) is 60.7 Å². The van der Waals surface area contributed by atoms with Gasteiger partial charge in [0.05, 0.1) is 18.5 Å². The number of amides is 1. The molecule has 0 aliphatic carbocycles. The average Bonchev–Trinajstić information content (AvgIpc) is 2.66. The molecule has 0 fully saturated rings. The maximum atomic E-state index is 11.8. The first kappa shape index (κ1) is 19.5. The van der Waals surface area contributed by atoms with Crippen molar-refractivity contribution in [3.05, 3.63) is 71.8 Å². The number of ether oxygens (including phenoxy) is 1. The van der Waals surface area contributed by atoms with Crippen molar-refractivity contribution < 1.29 is 14.6 Å². The maximum absolute atomic E-state index is 11.8. The molecule has 0 aliphatic heterocycles. The Morgan fingerprint density at radius 3 is 2.48 bits per heavy atom. The number of rotatable bonds is 11. The Morgan fingerprint density at radius 2 is 1.76 bits per heavy atom. The van der Waals surface area contributed by atoms with Gasteiger partial charge < -0.3 is 15.2 Å². The lowest BCUT2D eigenvalue weighted by Crippen LogP contribution is -2.27. The summed E-state index contributed by atoms with van der Waals surface area (Å²) in [6.07, 6.45) is 0.251. The van der Waals surface area contributed by atoms with E-state index in [1.54, 1.807) is 0 Å². The second-order valence-corrected chi connectivity index (χ2v) is 6.71. The standard InChI is InChI=1S/C20H25NO3S/c22-19(18-10-5-2-6-11-18)15-25-16-20(23)21-12-7-13-24-14-17-8-3-1-4-9-17/h1-6,8-11,19,22H,7,12-16H2,(H,21,23). The number of carbonyl (C=O) groups is 1. The van der Waals surface area contributed by atoms with Crippen molar-refractivity contribution in [1.82, 2.24) is 5.32 Å². The topological polar surface area (TPSA) is 58.6 Å². The van der Waals surface area contributed by atoms with Crippen LogP contribution < -0.4 is 5.32 Å². The number of thioether (sulfide) groups is 1. The van der Waals surface area contributed by atoms with E-state index in [-0.39, 0.29) is 5.91 Å². The molecule has 0 saturated heterocycles. The minimum Gasteiger partial charge on any atom is -0.388 e. The quantitative estimate of drug-likeness (QED) is 0.605. The van der Waals surface area contributed by atoms with Crippen molar-refractivity contribution in [2.45, 2.75) is 19.1 Å². The van der Waals surface area contributed by atoms with E-state index in [2.05, 4.69) is 5.32 Å². The van der Waals surface area contributed by atoms with E-state index < -0.39 is 6.10 Å². The number of nitrogens with one attached hydrogen (secondary N) is 1. The van der Waals surface area contributed by atoms with Gasteiger partial charge in [0.25, 0.3) is 0 Å². The van der Waals surface area contributed by atoms with Gasteiger partial charge in [0, 0.05) is 18.9 Å². The summed E-state index contributed by atoms with van der Waals surface area (Å²) in [5, 5.41) is 12.9. The first-order chi connectivity index (χ1) is 12.3. The number of aliphatic hydroxyl groups excluding tert-OH is 1. The van der Waals surface area contributed by atoms with Crippen molar-refractivity contribution in [2.75, 3.05) is 24.7 Å². The molecular formula is C20H25NO3S. The second-order valence-electron chi connectivity index (χ2n) is 5.68. The van der Waals surface area contributed by atoms with Crippen LogP contribution in [0.3, 0.4) is 0 Å². The van der Waals surface area contributed by atoms with Crippen molar-refractivity contribution in [2.24, 2.45) is 0 Å². The summed E-state index contributed by atoms with van der Waals surface area (Å²) in [6, 6.07) is 19.5. The molecule has 2 aromatic carbocycles. The number of hydrogen-bond acceptors (Lipinski definition) is 4. The van der Waals surface area contributed by atoms with Gasteiger partial charge in [0.2, 0.25) is 5.91 Å². The van der Waals surface area contributed by atoms with E-state index >= 15 is 0 Å². The van der Waals surface area contributed by atoms with Gasteiger partial charge in [-0.25, -0.2) is 0 Å².